The Balaban J connectivity index is 2.34. The lowest BCUT2D eigenvalue weighted by molar-refractivity contribution is 0.0683. The van der Waals surface area contributed by atoms with Gasteiger partial charge in [0, 0.05) is 0 Å². The fraction of sp³-hybridized carbons (Fsp3) is 1.00. The number of rotatable bonds is 2. The first kappa shape index (κ1) is 10.0. The molecule has 1 saturated carbocycles. The quantitative estimate of drug-likeness (QED) is 0.675. The van der Waals surface area contributed by atoms with Crippen molar-refractivity contribution in [2.45, 2.75) is 52.6 Å². The zero-order chi connectivity index (χ0) is 9.14. The van der Waals surface area contributed by atoms with Crippen molar-refractivity contribution in [3.63, 3.8) is 0 Å². The van der Waals surface area contributed by atoms with Crippen LogP contribution in [0.3, 0.4) is 0 Å². The molecule has 1 aliphatic rings. The van der Waals surface area contributed by atoms with E-state index in [1.807, 2.05) is 0 Å². The van der Waals surface area contributed by atoms with Crippen molar-refractivity contribution in [2.75, 3.05) is 0 Å². The summed E-state index contributed by atoms with van der Waals surface area (Å²) in [6.07, 6.45) is 4.67. The maximum atomic E-state index is 9.56. The van der Waals surface area contributed by atoms with Crippen LogP contribution in [-0.4, -0.2) is 11.2 Å². The Morgan fingerprint density at radius 1 is 1.25 bits per heavy atom. The molecule has 1 rings (SSSR count). The molecule has 3 atom stereocenters. The molecule has 0 aromatic rings. The van der Waals surface area contributed by atoms with Gasteiger partial charge in [-0.1, -0.05) is 20.8 Å². The van der Waals surface area contributed by atoms with Gasteiger partial charge in [-0.15, -0.1) is 0 Å². The molecule has 0 aromatic carbocycles. The molecule has 1 N–H and O–H groups in total. The van der Waals surface area contributed by atoms with Gasteiger partial charge in [-0.3, -0.25) is 0 Å². The molecule has 0 amide bonds. The molecule has 0 heterocycles. The number of hydrogen-bond acceptors (Lipinski definition) is 1. The Kier molecular flexibility index (Phi) is 3.57. The molecule has 0 aliphatic heterocycles. The van der Waals surface area contributed by atoms with Crippen molar-refractivity contribution in [3.8, 4) is 0 Å². The van der Waals surface area contributed by atoms with Gasteiger partial charge in [0.05, 0.1) is 6.10 Å². The highest BCUT2D eigenvalue weighted by molar-refractivity contribution is 4.76. The van der Waals surface area contributed by atoms with Crippen molar-refractivity contribution in [2.24, 2.45) is 17.8 Å². The Labute approximate surface area is 76.2 Å². The highest BCUT2D eigenvalue weighted by Crippen LogP contribution is 2.32. The lowest BCUT2D eigenvalue weighted by atomic mass is 9.77. The summed E-state index contributed by atoms with van der Waals surface area (Å²) in [5, 5.41) is 9.56. The van der Waals surface area contributed by atoms with Gasteiger partial charge in [0.1, 0.15) is 0 Å². The molecule has 0 spiro atoms. The molecule has 0 bridgehead atoms. The third kappa shape index (κ3) is 3.14. The van der Waals surface area contributed by atoms with Gasteiger partial charge >= 0.3 is 0 Å². The summed E-state index contributed by atoms with van der Waals surface area (Å²) < 4.78 is 0. The molecule has 0 saturated heterocycles. The fourth-order valence-corrected chi connectivity index (χ4v) is 2.57. The van der Waals surface area contributed by atoms with E-state index in [1.54, 1.807) is 0 Å². The minimum atomic E-state index is -0.0162. The van der Waals surface area contributed by atoms with Gasteiger partial charge in [0.15, 0.2) is 0 Å². The van der Waals surface area contributed by atoms with E-state index >= 15 is 0 Å². The van der Waals surface area contributed by atoms with Crippen LogP contribution in [0.1, 0.15) is 46.5 Å². The zero-order valence-electron chi connectivity index (χ0n) is 8.59. The van der Waals surface area contributed by atoms with Gasteiger partial charge in [-0.05, 0) is 43.4 Å². The second kappa shape index (κ2) is 4.27. The summed E-state index contributed by atoms with van der Waals surface area (Å²) in [5.74, 6) is 2.30. The number of hydrogen-bond donors (Lipinski definition) is 1. The van der Waals surface area contributed by atoms with E-state index < -0.39 is 0 Å². The van der Waals surface area contributed by atoms with Gasteiger partial charge in [-0.2, -0.15) is 0 Å². The van der Waals surface area contributed by atoms with Crippen molar-refractivity contribution < 1.29 is 5.11 Å². The molecule has 0 unspecified atom stereocenters. The van der Waals surface area contributed by atoms with Crippen molar-refractivity contribution in [1.82, 2.24) is 0 Å². The van der Waals surface area contributed by atoms with Crippen LogP contribution in [-0.2, 0) is 0 Å². The summed E-state index contributed by atoms with van der Waals surface area (Å²) >= 11 is 0. The SMILES string of the molecule is CC(C)C[C@@H]1C[C@@H](C)C[C@H](O)C1. The minimum absolute atomic E-state index is 0.0162. The first-order valence-corrected chi connectivity index (χ1v) is 5.26. The lowest BCUT2D eigenvalue weighted by Crippen LogP contribution is -2.25. The third-order valence-electron chi connectivity index (χ3n) is 2.82. The van der Waals surface area contributed by atoms with E-state index in [9.17, 15) is 5.11 Å². The van der Waals surface area contributed by atoms with Gasteiger partial charge < -0.3 is 5.11 Å². The summed E-state index contributed by atoms with van der Waals surface area (Å²) in [7, 11) is 0. The molecular weight excluding hydrogens is 148 g/mol. The Bertz CT molecular complexity index is 118. The monoisotopic (exact) mass is 170 g/mol. The molecule has 0 aromatic heterocycles. The normalized spacial score (nSPS) is 37.2. The highest BCUT2D eigenvalue weighted by atomic mass is 16.3. The van der Waals surface area contributed by atoms with Crippen LogP contribution in [0.2, 0.25) is 0 Å². The molecule has 72 valence electrons. The van der Waals surface area contributed by atoms with Crippen molar-refractivity contribution in [1.29, 1.82) is 0 Å². The first-order valence-electron chi connectivity index (χ1n) is 5.26. The Morgan fingerprint density at radius 2 is 1.92 bits per heavy atom. The average Bonchev–Trinajstić information content (AvgIpc) is 1.81. The second-order valence-electron chi connectivity index (χ2n) is 4.96. The fourth-order valence-electron chi connectivity index (χ4n) is 2.57. The molecule has 1 fully saturated rings. The van der Waals surface area contributed by atoms with E-state index in [-0.39, 0.29) is 6.10 Å². The van der Waals surface area contributed by atoms with Gasteiger partial charge in [0.2, 0.25) is 0 Å². The summed E-state index contributed by atoms with van der Waals surface area (Å²) in [6, 6.07) is 0. The molecule has 1 heteroatoms. The lowest BCUT2D eigenvalue weighted by Gasteiger charge is -2.31. The zero-order valence-corrected chi connectivity index (χ0v) is 8.59. The van der Waals surface area contributed by atoms with Crippen LogP contribution in [0, 0.1) is 17.8 Å². The predicted molar refractivity (Wildman–Crippen MR) is 52.0 cm³/mol. The number of aliphatic hydroxyl groups is 1. The number of aliphatic hydroxyl groups excluding tert-OH is 1. The summed E-state index contributed by atoms with van der Waals surface area (Å²) in [4.78, 5) is 0. The van der Waals surface area contributed by atoms with Crippen molar-refractivity contribution >= 4 is 0 Å². The predicted octanol–water partition coefficient (Wildman–Crippen LogP) is 2.83. The van der Waals surface area contributed by atoms with Crippen LogP contribution >= 0.6 is 0 Å². The minimum Gasteiger partial charge on any atom is -0.393 e. The van der Waals surface area contributed by atoms with Crippen LogP contribution in [0.4, 0.5) is 0 Å². The van der Waals surface area contributed by atoms with E-state index in [0.29, 0.717) is 0 Å². The molecular formula is C11H22O. The van der Waals surface area contributed by atoms with Crippen molar-refractivity contribution in [3.05, 3.63) is 0 Å². The van der Waals surface area contributed by atoms with Gasteiger partial charge in [0.25, 0.3) is 0 Å². The molecule has 1 nitrogen and oxygen atoms in total. The smallest absolute Gasteiger partial charge is 0.0545 e. The Morgan fingerprint density at radius 3 is 2.42 bits per heavy atom. The third-order valence-corrected chi connectivity index (χ3v) is 2.82. The van der Waals surface area contributed by atoms with E-state index in [2.05, 4.69) is 20.8 Å². The van der Waals surface area contributed by atoms with Crippen LogP contribution in [0.15, 0.2) is 0 Å². The standard InChI is InChI=1S/C11H22O/c1-8(2)4-10-5-9(3)6-11(12)7-10/h8-12H,4-7H2,1-3H3/t9-,10-,11+/m1/s1. The molecule has 12 heavy (non-hydrogen) atoms. The second-order valence-corrected chi connectivity index (χ2v) is 4.96. The topological polar surface area (TPSA) is 20.2 Å². The Hall–Kier alpha value is -0.0400. The van der Waals surface area contributed by atoms with Crippen LogP contribution in [0.5, 0.6) is 0 Å². The summed E-state index contributed by atoms with van der Waals surface area (Å²) in [6.45, 7) is 6.80. The van der Waals surface area contributed by atoms with E-state index in [4.69, 9.17) is 0 Å². The van der Waals surface area contributed by atoms with Crippen LogP contribution < -0.4 is 0 Å². The largest absolute Gasteiger partial charge is 0.393 e. The molecule has 0 radical (unpaired) electrons. The first-order chi connectivity index (χ1) is 5.58. The van der Waals surface area contributed by atoms with E-state index in [1.165, 1.54) is 12.8 Å². The average molecular weight is 170 g/mol. The summed E-state index contributed by atoms with van der Waals surface area (Å²) in [5.41, 5.74) is 0. The van der Waals surface area contributed by atoms with E-state index in [0.717, 1.165) is 30.6 Å². The van der Waals surface area contributed by atoms with Gasteiger partial charge in [-0.25, -0.2) is 0 Å². The maximum Gasteiger partial charge on any atom is 0.0545 e. The molecule has 1 aliphatic carbocycles. The van der Waals surface area contributed by atoms with Crippen LogP contribution in [0.25, 0.3) is 0 Å². The highest BCUT2D eigenvalue weighted by Gasteiger charge is 2.25. The maximum absolute atomic E-state index is 9.56.